The SMILES string of the molecule is COc1cccc(N2CCN(Cc3ccccc3C)[C@H](C)C2=O)c1. The third kappa shape index (κ3) is 3.29. The van der Waals surface area contributed by atoms with Crippen LogP contribution in [0.5, 0.6) is 5.75 Å². The van der Waals surface area contributed by atoms with Gasteiger partial charge in [-0.1, -0.05) is 30.3 Å². The fraction of sp³-hybridized carbons (Fsp3) is 0.350. The molecule has 3 rings (SSSR count). The van der Waals surface area contributed by atoms with Gasteiger partial charge in [0.2, 0.25) is 5.91 Å². The van der Waals surface area contributed by atoms with Crippen LogP contribution in [0.4, 0.5) is 5.69 Å². The molecule has 0 bridgehead atoms. The van der Waals surface area contributed by atoms with Gasteiger partial charge in [-0.05, 0) is 37.1 Å². The smallest absolute Gasteiger partial charge is 0.244 e. The summed E-state index contributed by atoms with van der Waals surface area (Å²) < 4.78 is 5.27. The molecule has 4 nitrogen and oxygen atoms in total. The zero-order valence-corrected chi connectivity index (χ0v) is 14.5. The van der Waals surface area contributed by atoms with Crippen molar-refractivity contribution in [1.29, 1.82) is 0 Å². The molecule has 1 saturated heterocycles. The summed E-state index contributed by atoms with van der Waals surface area (Å²) in [5.41, 5.74) is 3.46. The fourth-order valence-corrected chi connectivity index (χ4v) is 3.17. The van der Waals surface area contributed by atoms with Crippen molar-refractivity contribution in [2.45, 2.75) is 26.4 Å². The number of rotatable bonds is 4. The van der Waals surface area contributed by atoms with Gasteiger partial charge < -0.3 is 9.64 Å². The summed E-state index contributed by atoms with van der Waals surface area (Å²) in [4.78, 5) is 17.0. The Morgan fingerprint density at radius 2 is 1.92 bits per heavy atom. The van der Waals surface area contributed by atoms with Gasteiger partial charge in [0.25, 0.3) is 0 Å². The molecule has 1 atom stereocenters. The van der Waals surface area contributed by atoms with E-state index >= 15 is 0 Å². The van der Waals surface area contributed by atoms with Crippen LogP contribution in [-0.4, -0.2) is 37.0 Å². The number of carbonyl (C=O) groups excluding carboxylic acids is 1. The number of methoxy groups -OCH3 is 1. The lowest BCUT2D eigenvalue weighted by Crippen LogP contribution is -2.55. The molecule has 1 heterocycles. The predicted octanol–water partition coefficient (Wildman–Crippen LogP) is 3.24. The second-order valence-corrected chi connectivity index (χ2v) is 6.26. The second-order valence-electron chi connectivity index (χ2n) is 6.26. The Morgan fingerprint density at radius 1 is 1.12 bits per heavy atom. The van der Waals surface area contributed by atoms with E-state index in [1.165, 1.54) is 11.1 Å². The lowest BCUT2D eigenvalue weighted by Gasteiger charge is -2.39. The summed E-state index contributed by atoms with van der Waals surface area (Å²) in [6.45, 7) is 6.48. The lowest BCUT2D eigenvalue weighted by molar-refractivity contribution is -0.125. The Morgan fingerprint density at radius 3 is 2.67 bits per heavy atom. The van der Waals surface area contributed by atoms with Crippen LogP contribution < -0.4 is 9.64 Å². The van der Waals surface area contributed by atoms with E-state index in [2.05, 4.69) is 30.0 Å². The van der Waals surface area contributed by atoms with Gasteiger partial charge >= 0.3 is 0 Å². The van der Waals surface area contributed by atoms with Gasteiger partial charge in [0, 0.05) is 31.4 Å². The predicted molar refractivity (Wildman–Crippen MR) is 96.4 cm³/mol. The molecule has 2 aromatic carbocycles. The molecule has 0 unspecified atom stereocenters. The monoisotopic (exact) mass is 324 g/mol. The Bertz CT molecular complexity index is 729. The van der Waals surface area contributed by atoms with Gasteiger partial charge in [-0.25, -0.2) is 0 Å². The minimum atomic E-state index is -0.135. The van der Waals surface area contributed by atoms with Gasteiger partial charge in [0.1, 0.15) is 5.75 Å². The van der Waals surface area contributed by atoms with Crippen LogP contribution in [0.15, 0.2) is 48.5 Å². The highest BCUT2D eigenvalue weighted by atomic mass is 16.5. The first-order chi connectivity index (χ1) is 11.6. The van der Waals surface area contributed by atoms with Gasteiger partial charge in [-0.3, -0.25) is 9.69 Å². The number of hydrogen-bond donors (Lipinski definition) is 0. The third-order valence-corrected chi connectivity index (χ3v) is 4.78. The Hall–Kier alpha value is -2.33. The average molecular weight is 324 g/mol. The molecule has 1 aliphatic rings. The highest BCUT2D eigenvalue weighted by Gasteiger charge is 2.32. The molecule has 0 spiro atoms. The number of hydrogen-bond acceptors (Lipinski definition) is 3. The quantitative estimate of drug-likeness (QED) is 0.865. The molecular formula is C20H24N2O2. The van der Waals surface area contributed by atoms with Crippen LogP contribution in [0.1, 0.15) is 18.1 Å². The molecule has 1 aliphatic heterocycles. The molecule has 2 aromatic rings. The maximum absolute atomic E-state index is 12.9. The average Bonchev–Trinajstić information content (AvgIpc) is 2.61. The Balaban J connectivity index is 1.75. The molecular weight excluding hydrogens is 300 g/mol. The van der Waals surface area contributed by atoms with Crippen molar-refractivity contribution in [3.05, 3.63) is 59.7 Å². The number of ether oxygens (including phenoxy) is 1. The standard InChI is InChI=1S/C20H24N2O2/c1-15-7-4-5-8-17(15)14-21-11-12-22(20(23)16(21)2)18-9-6-10-19(13-18)24-3/h4-10,13,16H,11-12,14H2,1-3H3/t16-/m1/s1. The first kappa shape index (κ1) is 16.5. The van der Waals surface area contributed by atoms with E-state index in [1.54, 1.807) is 7.11 Å². The lowest BCUT2D eigenvalue weighted by atomic mass is 10.1. The highest BCUT2D eigenvalue weighted by Crippen LogP contribution is 2.25. The van der Waals surface area contributed by atoms with Gasteiger partial charge in [-0.15, -0.1) is 0 Å². The second kappa shape index (κ2) is 7.05. The van der Waals surface area contributed by atoms with E-state index in [4.69, 9.17) is 4.74 Å². The van der Waals surface area contributed by atoms with E-state index in [0.717, 1.165) is 24.5 Å². The molecule has 0 aromatic heterocycles. The molecule has 0 N–H and O–H groups in total. The number of carbonyl (C=O) groups is 1. The van der Waals surface area contributed by atoms with E-state index in [9.17, 15) is 4.79 Å². The molecule has 24 heavy (non-hydrogen) atoms. The summed E-state index contributed by atoms with van der Waals surface area (Å²) in [5, 5.41) is 0. The van der Waals surface area contributed by atoms with E-state index in [0.29, 0.717) is 6.54 Å². The van der Waals surface area contributed by atoms with E-state index in [-0.39, 0.29) is 11.9 Å². The summed E-state index contributed by atoms with van der Waals surface area (Å²) in [6, 6.07) is 15.9. The molecule has 1 amide bonds. The number of benzene rings is 2. The van der Waals surface area contributed by atoms with Crippen LogP contribution in [0.3, 0.4) is 0 Å². The maximum atomic E-state index is 12.9. The summed E-state index contributed by atoms with van der Waals surface area (Å²) in [5.74, 6) is 0.915. The number of nitrogens with zero attached hydrogens (tertiary/aromatic N) is 2. The normalized spacial score (nSPS) is 18.7. The summed E-state index contributed by atoms with van der Waals surface area (Å²) >= 11 is 0. The van der Waals surface area contributed by atoms with Gasteiger partial charge in [-0.2, -0.15) is 0 Å². The van der Waals surface area contributed by atoms with Crippen LogP contribution in [0.2, 0.25) is 0 Å². The highest BCUT2D eigenvalue weighted by molar-refractivity contribution is 5.97. The number of piperazine rings is 1. The zero-order chi connectivity index (χ0) is 17.1. The van der Waals surface area contributed by atoms with Crippen molar-refractivity contribution in [1.82, 2.24) is 4.90 Å². The Kier molecular flexibility index (Phi) is 4.86. The Labute approximate surface area is 143 Å². The molecule has 4 heteroatoms. The van der Waals surface area contributed by atoms with E-state index in [1.807, 2.05) is 42.2 Å². The van der Waals surface area contributed by atoms with Gasteiger partial charge in [0.15, 0.2) is 0 Å². The fourth-order valence-electron chi connectivity index (χ4n) is 3.17. The van der Waals surface area contributed by atoms with Crippen LogP contribution >= 0.6 is 0 Å². The number of aryl methyl sites for hydroxylation is 1. The first-order valence-corrected chi connectivity index (χ1v) is 8.34. The summed E-state index contributed by atoms with van der Waals surface area (Å²) in [7, 11) is 1.64. The minimum absolute atomic E-state index is 0.135. The van der Waals surface area contributed by atoms with Crippen LogP contribution in [0, 0.1) is 6.92 Å². The molecule has 0 radical (unpaired) electrons. The number of anilines is 1. The van der Waals surface area contributed by atoms with Crippen molar-refractivity contribution in [3.8, 4) is 5.75 Å². The molecule has 126 valence electrons. The van der Waals surface area contributed by atoms with Crippen LogP contribution in [-0.2, 0) is 11.3 Å². The number of amides is 1. The molecule has 1 fully saturated rings. The van der Waals surface area contributed by atoms with Crippen molar-refractivity contribution in [2.75, 3.05) is 25.1 Å². The van der Waals surface area contributed by atoms with Crippen LogP contribution in [0.25, 0.3) is 0 Å². The maximum Gasteiger partial charge on any atom is 0.244 e. The van der Waals surface area contributed by atoms with Crippen molar-refractivity contribution >= 4 is 11.6 Å². The zero-order valence-electron chi connectivity index (χ0n) is 14.5. The molecule has 0 aliphatic carbocycles. The topological polar surface area (TPSA) is 32.8 Å². The minimum Gasteiger partial charge on any atom is -0.497 e. The molecule has 0 saturated carbocycles. The largest absolute Gasteiger partial charge is 0.497 e. The summed E-state index contributed by atoms with van der Waals surface area (Å²) in [6.07, 6.45) is 0. The van der Waals surface area contributed by atoms with E-state index < -0.39 is 0 Å². The van der Waals surface area contributed by atoms with Gasteiger partial charge in [0.05, 0.1) is 13.2 Å². The van der Waals surface area contributed by atoms with Crippen molar-refractivity contribution < 1.29 is 9.53 Å². The first-order valence-electron chi connectivity index (χ1n) is 8.34. The van der Waals surface area contributed by atoms with Crippen molar-refractivity contribution in [3.63, 3.8) is 0 Å². The third-order valence-electron chi connectivity index (χ3n) is 4.78. The van der Waals surface area contributed by atoms with Crippen molar-refractivity contribution in [2.24, 2.45) is 0 Å².